The Morgan fingerprint density at radius 1 is 0.958 bits per heavy atom. The lowest BCUT2D eigenvalue weighted by atomic mass is 10.1. The fourth-order valence-electron chi connectivity index (χ4n) is 3.27. The Bertz CT molecular complexity index is 761. The van der Waals surface area contributed by atoms with Gasteiger partial charge < -0.3 is 15.5 Å². The number of carbonyl (C=O) groups is 1. The Morgan fingerprint density at radius 2 is 1.67 bits per heavy atom. The zero-order valence-corrected chi connectivity index (χ0v) is 14.7. The molecule has 0 radical (unpaired) electrons. The molecule has 0 unspecified atom stereocenters. The summed E-state index contributed by atoms with van der Waals surface area (Å²) in [4.78, 5) is 17.1. The first kappa shape index (κ1) is 16.4. The SMILES string of the molecule is Cc1ccc(N)cc1C(=O)N1CCN(c2cccc(C)c2C)CC1. The van der Waals surface area contributed by atoms with E-state index in [4.69, 9.17) is 5.73 Å². The number of nitrogens with zero attached hydrogens (tertiary/aromatic N) is 2. The third-order valence-corrected chi connectivity index (χ3v) is 4.98. The molecular weight excluding hydrogens is 298 g/mol. The van der Waals surface area contributed by atoms with Crippen molar-refractivity contribution in [2.45, 2.75) is 20.8 Å². The second-order valence-electron chi connectivity index (χ2n) is 6.57. The number of nitrogens with two attached hydrogens (primary N) is 1. The van der Waals surface area contributed by atoms with E-state index in [0.29, 0.717) is 5.69 Å². The van der Waals surface area contributed by atoms with Crippen LogP contribution in [0.3, 0.4) is 0 Å². The molecule has 2 aromatic carbocycles. The van der Waals surface area contributed by atoms with E-state index in [1.807, 2.05) is 24.0 Å². The van der Waals surface area contributed by atoms with Gasteiger partial charge in [0, 0.05) is 43.1 Å². The van der Waals surface area contributed by atoms with Gasteiger partial charge in [-0.25, -0.2) is 0 Å². The molecule has 24 heavy (non-hydrogen) atoms. The molecule has 0 aromatic heterocycles. The summed E-state index contributed by atoms with van der Waals surface area (Å²) in [5.74, 6) is 0.0837. The van der Waals surface area contributed by atoms with Gasteiger partial charge in [-0.2, -0.15) is 0 Å². The van der Waals surface area contributed by atoms with E-state index in [9.17, 15) is 4.79 Å². The Labute approximate surface area is 143 Å². The van der Waals surface area contributed by atoms with Crippen LogP contribution in [0.15, 0.2) is 36.4 Å². The molecule has 0 saturated carbocycles. The summed E-state index contributed by atoms with van der Waals surface area (Å²) >= 11 is 0. The summed E-state index contributed by atoms with van der Waals surface area (Å²) in [5.41, 5.74) is 12.1. The lowest BCUT2D eigenvalue weighted by Gasteiger charge is -2.37. The minimum Gasteiger partial charge on any atom is -0.399 e. The molecule has 4 heteroatoms. The first-order valence-corrected chi connectivity index (χ1v) is 8.44. The van der Waals surface area contributed by atoms with Gasteiger partial charge in [0.1, 0.15) is 0 Å². The molecule has 0 aliphatic carbocycles. The smallest absolute Gasteiger partial charge is 0.254 e. The van der Waals surface area contributed by atoms with Crippen LogP contribution in [0.2, 0.25) is 0 Å². The number of hydrogen-bond acceptors (Lipinski definition) is 3. The summed E-state index contributed by atoms with van der Waals surface area (Å²) in [7, 11) is 0. The molecule has 126 valence electrons. The van der Waals surface area contributed by atoms with Gasteiger partial charge in [-0.15, -0.1) is 0 Å². The predicted octanol–water partition coefficient (Wildman–Crippen LogP) is 3.16. The van der Waals surface area contributed by atoms with Crippen LogP contribution in [-0.4, -0.2) is 37.0 Å². The molecule has 0 bridgehead atoms. The van der Waals surface area contributed by atoms with Gasteiger partial charge >= 0.3 is 0 Å². The van der Waals surface area contributed by atoms with Crippen LogP contribution in [-0.2, 0) is 0 Å². The highest BCUT2D eigenvalue weighted by molar-refractivity contribution is 5.96. The largest absolute Gasteiger partial charge is 0.399 e. The number of hydrogen-bond donors (Lipinski definition) is 1. The van der Waals surface area contributed by atoms with Crippen molar-refractivity contribution < 1.29 is 4.79 Å². The average Bonchev–Trinajstić information content (AvgIpc) is 2.59. The molecule has 1 heterocycles. The van der Waals surface area contributed by atoms with Crippen molar-refractivity contribution in [2.75, 3.05) is 36.8 Å². The maximum Gasteiger partial charge on any atom is 0.254 e. The number of rotatable bonds is 2. The second-order valence-corrected chi connectivity index (χ2v) is 6.57. The highest BCUT2D eigenvalue weighted by atomic mass is 16.2. The minimum atomic E-state index is 0.0837. The summed E-state index contributed by atoms with van der Waals surface area (Å²) in [6.45, 7) is 9.45. The first-order valence-electron chi connectivity index (χ1n) is 8.44. The molecule has 1 amide bonds. The van der Waals surface area contributed by atoms with Crippen molar-refractivity contribution in [3.05, 3.63) is 58.7 Å². The molecule has 4 nitrogen and oxygen atoms in total. The Hall–Kier alpha value is -2.49. The van der Waals surface area contributed by atoms with Crippen molar-refractivity contribution in [1.29, 1.82) is 0 Å². The normalized spacial score (nSPS) is 14.8. The van der Waals surface area contributed by atoms with Crippen LogP contribution in [0, 0.1) is 20.8 Å². The van der Waals surface area contributed by atoms with E-state index in [2.05, 4.69) is 36.9 Å². The Kier molecular flexibility index (Phi) is 4.47. The van der Waals surface area contributed by atoms with Crippen molar-refractivity contribution in [3.63, 3.8) is 0 Å². The third kappa shape index (κ3) is 3.09. The van der Waals surface area contributed by atoms with Gasteiger partial charge in [-0.05, 0) is 55.7 Å². The van der Waals surface area contributed by atoms with Gasteiger partial charge in [0.05, 0.1) is 0 Å². The van der Waals surface area contributed by atoms with E-state index in [1.54, 1.807) is 6.07 Å². The number of anilines is 2. The van der Waals surface area contributed by atoms with Gasteiger partial charge in [-0.3, -0.25) is 4.79 Å². The maximum atomic E-state index is 12.8. The van der Waals surface area contributed by atoms with Crippen molar-refractivity contribution >= 4 is 17.3 Å². The van der Waals surface area contributed by atoms with Crippen molar-refractivity contribution in [2.24, 2.45) is 0 Å². The zero-order valence-electron chi connectivity index (χ0n) is 14.7. The molecule has 1 saturated heterocycles. The van der Waals surface area contributed by atoms with E-state index < -0.39 is 0 Å². The molecule has 3 rings (SSSR count). The van der Waals surface area contributed by atoms with Crippen LogP contribution in [0.4, 0.5) is 11.4 Å². The number of piperazine rings is 1. The summed E-state index contributed by atoms with van der Waals surface area (Å²) in [6.07, 6.45) is 0. The van der Waals surface area contributed by atoms with Gasteiger partial charge in [0.2, 0.25) is 0 Å². The number of benzene rings is 2. The average molecular weight is 323 g/mol. The van der Waals surface area contributed by atoms with Gasteiger partial charge in [0.15, 0.2) is 0 Å². The van der Waals surface area contributed by atoms with Crippen LogP contribution >= 0.6 is 0 Å². The third-order valence-electron chi connectivity index (χ3n) is 4.98. The number of aryl methyl sites for hydroxylation is 2. The topological polar surface area (TPSA) is 49.6 Å². The number of nitrogen functional groups attached to an aromatic ring is 1. The van der Waals surface area contributed by atoms with Gasteiger partial charge in [-0.1, -0.05) is 18.2 Å². The minimum absolute atomic E-state index is 0.0837. The highest BCUT2D eigenvalue weighted by Crippen LogP contribution is 2.24. The van der Waals surface area contributed by atoms with E-state index >= 15 is 0 Å². The summed E-state index contributed by atoms with van der Waals surface area (Å²) < 4.78 is 0. The standard InChI is InChI=1S/C20H25N3O/c1-14-5-4-6-19(16(14)3)22-9-11-23(12-10-22)20(24)18-13-17(21)8-7-15(18)2/h4-8,13H,9-12,21H2,1-3H3. The second kappa shape index (κ2) is 6.56. The highest BCUT2D eigenvalue weighted by Gasteiger charge is 2.24. The molecule has 0 spiro atoms. The Morgan fingerprint density at radius 3 is 2.38 bits per heavy atom. The van der Waals surface area contributed by atoms with Crippen LogP contribution < -0.4 is 10.6 Å². The van der Waals surface area contributed by atoms with Crippen molar-refractivity contribution in [3.8, 4) is 0 Å². The molecule has 1 fully saturated rings. The molecule has 2 N–H and O–H groups in total. The first-order chi connectivity index (χ1) is 11.5. The fourth-order valence-corrected chi connectivity index (χ4v) is 3.27. The zero-order chi connectivity index (χ0) is 17.3. The number of carbonyl (C=O) groups excluding carboxylic acids is 1. The molecule has 2 aromatic rings. The lowest BCUT2D eigenvalue weighted by molar-refractivity contribution is 0.0746. The van der Waals surface area contributed by atoms with Crippen LogP contribution in [0.1, 0.15) is 27.0 Å². The predicted molar refractivity (Wildman–Crippen MR) is 99.6 cm³/mol. The lowest BCUT2D eigenvalue weighted by Crippen LogP contribution is -2.49. The molecule has 1 aliphatic rings. The maximum absolute atomic E-state index is 12.8. The Balaban J connectivity index is 1.72. The van der Waals surface area contributed by atoms with Gasteiger partial charge in [0.25, 0.3) is 5.91 Å². The van der Waals surface area contributed by atoms with Crippen LogP contribution in [0.5, 0.6) is 0 Å². The van der Waals surface area contributed by atoms with E-state index in [-0.39, 0.29) is 5.91 Å². The molecule has 1 aliphatic heterocycles. The number of amides is 1. The quantitative estimate of drug-likeness (QED) is 0.864. The van der Waals surface area contributed by atoms with Crippen molar-refractivity contribution in [1.82, 2.24) is 4.90 Å². The monoisotopic (exact) mass is 323 g/mol. The van der Waals surface area contributed by atoms with E-state index in [0.717, 1.165) is 37.3 Å². The van der Waals surface area contributed by atoms with Crippen LogP contribution in [0.25, 0.3) is 0 Å². The fraction of sp³-hybridized carbons (Fsp3) is 0.350. The molecular formula is C20H25N3O. The molecule has 0 atom stereocenters. The summed E-state index contributed by atoms with van der Waals surface area (Å²) in [5, 5.41) is 0. The van der Waals surface area contributed by atoms with E-state index in [1.165, 1.54) is 16.8 Å². The summed E-state index contributed by atoms with van der Waals surface area (Å²) in [6, 6.07) is 11.9.